The number of nitrogens with zero attached hydrogens (tertiary/aromatic N) is 1. The SMILES string of the molecule is CCOC(=O)COc1cc(C(C)C)ccc1CCNS(=O)(=O)c1cc(C=NC(=O)C(N)(O)OC(=O)C(C)(C)C)ccc1O. The molecule has 0 saturated heterocycles. The topological polar surface area (TPSA) is 204 Å². The number of nitrogens with two attached hydrogens (primary N) is 1. The molecule has 0 heterocycles. The van der Waals surface area contributed by atoms with E-state index in [1.165, 1.54) is 26.8 Å². The fourth-order valence-electron chi connectivity index (χ4n) is 3.40. The molecule has 0 spiro atoms. The number of aromatic hydroxyl groups is 1. The smallest absolute Gasteiger partial charge is 0.353 e. The number of phenols is 1. The van der Waals surface area contributed by atoms with Crippen molar-refractivity contribution in [1.29, 1.82) is 0 Å². The summed E-state index contributed by atoms with van der Waals surface area (Å²) in [7, 11) is -4.26. The molecule has 14 heteroatoms. The summed E-state index contributed by atoms with van der Waals surface area (Å²) in [6.45, 7) is 9.97. The number of aliphatic imine (C=N–C) groups is 1. The number of benzene rings is 2. The summed E-state index contributed by atoms with van der Waals surface area (Å²) < 4.78 is 43.7. The van der Waals surface area contributed by atoms with Crippen LogP contribution in [0.3, 0.4) is 0 Å². The van der Waals surface area contributed by atoms with Crippen LogP contribution in [0.2, 0.25) is 0 Å². The molecule has 1 atom stereocenters. The van der Waals surface area contributed by atoms with Crippen LogP contribution in [-0.2, 0) is 40.3 Å². The maximum atomic E-state index is 13.0. The van der Waals surface area contributed by atoms with Crippen LogP contribution in [0, 0.1) is 5.41 Å². The Bertz CT molecular complexity index is 1460. The number of carbonyl (C=O) groups is 3. The molecular weight excluding hydrogens is 582 g/mol. The Balaban J connectivity index is 2.17. The largest absolute Gasteiger partial charge is 0.507 e. The van der Waals surface area contributed by atoms with Crippen molar-refractivity contribution in [3.05, 3.63) is 53.1 Å². The third-order valence-electron chi connectivity index (χ3n) is 5.87. The average Bonchev–Trinajstić information content (AvgIpc) is 2.90. The highest BCUT2D eigenvalue weighted by atomic mass is 32.2. The second-order valence-corrected chi connectivity index (χ2v) is 12.6. The fraction of sp³-hybridized carbons (Fsp3) is 0.448. The first-order valence-electron chi connectivity index (χ1n) is 13.4. The van der Waals surface area contributed by atoms with Crippen LogP contribution < -0.4 is 15.2 Å². The number of phenolic OH excluding ortho intramolecular Hbond substituents is 1. The molecule has 1 unspecified atom stereocenters. The summed E-state index contributed by atoms with van der Waals surface area (Å²) in [6.07, 6.45) is 1.08. The number of aliphatic hydroxyl groups is 1. The Hall–Kier alpha value is -3.85. The van der Waals surface area contributed by atoms with Crippen molar-refractivity contribution in [1.82, 2.24) is 4.72 Å². The van der Waals surface area contributed by atoms with Gasteiger partial charge in [-0.1, -0.05) is 26.0 Å². The maximum Gasteiger partial charge on any atom is 0.353 e. The molecular formula is C29H39N3O10S. The first-order chi connectivity index (χ1) is 19.9. The molecule has 0 aliphatic carbocycles. The van der Waals surface area contributed by atoms with E-state index in [4.69, 9.17) is 15.2 Å². The Morgan fingerprint density at radius 1 is 1.12 bits per heavy atom. The van der Waals surface area contributed by atoms with Gasteiger partial charge in [-0.25, -0.2) is 22.9 Å². The monoisotopic (exact) mass is 621 g/mol. The molecule has 0 aliphatic heterocycles. The molecule has 2 rings (SSSR count). The molecule has 0 aliphatic rings. The highest BCUT2D eigenvalue weighted by molar-refractivity contribution is 7.89. The second kappa shape index (κ2) is 14.6. The first kappa shape index (κ1) is 35.3. The highest BCUT2D eigenvalue weighted by Gasteiger charge is 2.39. The van der Waals surface area contributed by atoms with E-state index in [9.17, 15) is 33.0 Å². The Labute approximate surface area is 251 Å². The molecule has 236 valence electrons. The van der Waals surface area contributed by atoms with Crippen molar-refractivity contribution in [3.8, 4) is 11.5 Å². The van der Waals surface area contributed by atoms with E-state index >= 15 is 0 Å². The number of nitrogens with one attached hydrogen (secondary N) is 1. The number of hydrogen-bond acceptors (Lipinski definition) is 11. The zero-order valence-electron chi connectivity index (χ0n) is 25.0. The maximum absolute atomic E-state index is 13.0. The van der Waals surface area contributed by atoms with Gasteiger partial charge in [0, 0.05) is 12.8 Å². The van der Waals surface area contributed by atoms with Gasteiger partial charge in [0.1, 0.15) is 16.4 Å². The number of amides is 1. The number of carbonyl (C=O) groups excluding carboxylic acids is 3. The predicted octanol–water partition coefficient (Wildman–Crippen LogP) is 2.12. The van der Waals surface area contributed by atoms with Crippen LogP contribution >= 0.6 is 0 Å². The molecule has 5 N–H and O–H groups in total. The van der Waals surface area contributed by atoms with Crippen molar-refractivity contribution in [3.63, 3.8) is 0 Å². The van der Waals surface area contributed by atoms with Crippen LogP contribution in [-0.4, -0.2) is 68.4 Å². The summed E-state index contributed by atoms with van der Waals surface area (Å²) in [6, 6.07) is 8.86. The number of esters is 2. The minimum atomic E-state index is -4.26. The quantitative estimate of drug-likeness (QED) is 0.145. The van der Waals surface area contributed by atoms with Crippen LogP contribution in [0.4, 0.5) is 0 Å². The van der Waals surface area contributed by atoms with Crippen LogP contribution in [0.25, 0.3) is 0 Å². The van der Waals surface area contributed by atoms with Crippen LogP contribution in [0.1, 0.15) is 64.2 Å². The molecule has 13 nitrogen and oxygen atoms in total. The second-order valence-electron chi connectivity index (χ2n) is 10.9. The zero-order valence-corrected chi connectivity index (χ0v) is 25.9. The van der Waals surface area contributed by atoms with Gasteiger partial charge in [-0.2, -0.15) is 0 Å². The molecule has 0 bridgehead atoms. The van der Waals surface area contributed by atoms with E-state index in [2.05, 4.69) is 14.5 Å². The molecule has 0 fully saturated rings. The van der Waals surface area contributed by atoms with Crippen molar-refractivity contribution < 1.29 is 47.2 Å². The summed E-state index contributed by atoms with van der Waals surface area (Å²) in [5, 5.41) is 20.3. The number of rotatable bonds is 13. The van der Waals surface area contributed by atoms with Crippen LogP contribution in [0.5, 0.6) is 11.5 Å². The lowest BCUT2D eigenvalue weighted by molar-refractivity contribution is -0.213. The molecule has 0 aromatic heterocycles. The van der Waals surface area contributed by atoms with Gasteiger partial charge >= 0.3 is 23.8 Å². The number of hydrogen-bond donors (Lipinski definition) is 4. The van der Waals surface area contributed by atoms with Gasteiger partial charge in [0.25, 0.3) is 0 Å². The minimum absolute atomic E-state index is 0.0587. The van der Waals surface area contributed by atoms with Gasteiger partial charge in [0.05, 0.1) is 12.0 Å². The van der Waals surface area contributed by atoms with E-state index in [1.807, 2.05) is 19.9 Å². The van der Waals surface area contributed by atoms with Gasteiger partial charge in [0.2, 0.25) is 10.0 Å². The predicted molar refractivity (Wildman–Crippen MR) is 157 cm³/mol. The number of sulfonamides is 1. The zero-order chi connectivity index (χ0) is 32.6. The Morgan fingerprint density at radius 3 is 2.40 bits per heavy atom. The van der Waals surface area contributed by atoms with Gasteiger partial charge in [0.15, 0.2) is 6.61 Å². The van der Waals surface area contributed by atoms with Crippen molar-refractivity contribution in [2.45, 2.75) is 64.7 Å². The lowest BCUT2D eigenvalue weighted by Gasteiger charge is -2.24. The molecule has 2 aromatic rings. The average molecular weight is 622 g/mol. The van der Waals surface area contributed by atoms with Gasteiger partial charge in [-0.3, -0.25) is 15.3 Å². The minimum Gasteiger partial charge on any atom is -0.507 e. The van der Waals surface area contributed by atoms with Crippen molar-refractivity contribution >= 4 is 34.1 Å². The molecule has 43 heavy (non-hydrogen) atoms. The lowest BCUT2D eigenvalue weighted by atomic mass is 9.97. The van der Waals surface area contributed by atoms with E-state index in [1.54, 1.807) is 19.1 Å². The van der Waals surface area contributed by atoms with Gasteiger partial charge < -0.3 is 24.4 Å². The molecule has 1 amide bonds. The lowest BCUT2D eigenvalue weighted by Crippen LogP contribution is -2.52. The summed E-state index contributed by atoms with van der Waals surface area (Å²) >= 11 is 0. The third-order valence-corrected chi connectivity index (χ3v) is 7.36. The summed E-state index contributed by atoms with van der Waals surface area (Å²) in [5.41, 5.74) is 6.01. The van der Waals surface area contributed by atoms with E-state index in [-0.39, 0.29) is 37.7 Å². The Kier molecular flexibility index (Phi) is 12.0. The van der Waals surface area contributed by atoms with Gasteiger partial charge in [-0.05, 0) is 81.0 Å². The van der Waals surface area contributed by atoms with E-state index in [0.717, 1.165) is 23.9 Å². The highest BCUT2D eigenvalue weighted by Crippen LogP contribution is 2.27. The first-order valence-corrected chi connectivity index (χ1v) is 14.9. The van der Waals surface area contributed by atoms with E-state index < -0.39 is 49.8 Å². The van der Waals surface area contributed by atoms with Crippen molar-refractivity contribution in [2.75, 3.05) is 19.8 Å². The standard InChI is InChI=1S/C29H39N3O10S/c1-7-40-25(34)17-41-23-15-21(18(2)3)10-9-20(23)12-13-32-43(38,39)24-14-19(8-11-22(24)33)16-31-26(35)29(30,37)42-27(36)28(4,5)6/h8-11,14-16,18,32-33,37H,7,12-13,17,30H2,1-6H3. The number of ether oxygens (including phenoxy) is 3. The van der Waals surface area contributed by atoms with E-state index in [0.29, 0.717) is 11.3 Å². The third kappa shape index (κ3) is 10.4. The van der Waals surface area contributed by atoms with Crippen LogP contribution in [0.15, 0.2) is 46.3 Å². The van der Waals surface area contributed by atoms with Crippen molar-refractivity contribution in [2.24, 2.45) is 16.1 Å². The fourth-order valence-corrected chi connectivity index (χ4v) is 4.56. The van der Waals surface area contributed by atoms with Gasteiger partial charge in [-0.15, -0.1) is 0 Å². The molecule has 0 radical (unpaired) electrons. The molecule has 0 saturated carbocycles. The molecule has 2 aromatic carbocycles. The summed E-state index contributed by atoms with van der Waals surface area (Å²) in [4.78, 5) is 39.0. The summed E-state index contributed by atoms with van der Waals surface area (Å²) in [5.74, 6) is -5.90. The Morgan fingerprint density at radius 2 is 1.79 bits per heavy atom. The normalized spacial score (nSPS) is 13.5.